The van der Waals surface area contributed by atoms with Crippen LogP contribution in [0.4, 0.5) is 8.78 Å². The molecule has 2 aromatic rings. The molecule has 0 unspecified atom stereocenters. The van der Waals surface area contributed by atoms with Gasteiger partial charge in [0.15, 0.2) is 0 Å². The maximum Gasteiger partial charge on any atom is 0.223 e. The number of rotatable bonds is 8. The van der Waals surface area contributed by atoms with Gasteiger partial charge in [-0.3, -0.25) is 4.79 Å². The van der Waals surface area contributed by atoms with Crippen LogP contribution in [-0.4, -0.2) is 30.0 Å². The zero-order valence-electron chi connectivity index (χ0n) is 13.3. The Labute approximate surface area is 140 Å². The molecule has 0 saturated heterocycles. The molecular formula is C19H21F2NO2. The van der Waals surface area contributed by atoms with Gasteiger partial charge in [-0.05, 0) is 17.5 Å². The molecule has 2 N–H and O–H groups in total. The summed E-state index contributed by atoms with van der Waals surface area (Å²) in [6, 6.07) is 18.6. The van der Waals surface area contributed by atoms with E-state index in [4.69, 9.17) is 0 Å². The fraction of sp³-hybridized carbons (Fsp3) is 0.316. The molecule has 1 amide bonds. The van der Waals surface area contributed by atoms with E-state index >= 15 is 0 Å². The number of hydrogen-bond donors (Lipinski definition) is 2. The van der Waals surface area contributed by atoms with Crippen molar-refractivity contribution in [1.29, 1.82) is 0 Å². The van der Waals surface area contributed by atoms with Crippen LogP contribution in [0.1, 0.15) is 23.6 Å². The summed E-state index contributed by atoms with van der Waals surface area (Å²) in [6.45, 7) is -2.60. The van der Waals surface area contributed by atoms with E-state index in [0.717, 1.165) is 11.1 Å². The first-order chi connectivity index (χ1) is 11.6. The highest BCUT2D eigenvalue weighted by atomic mass is 19.1. The Hall–Kier alpha value is -2.27. The van der Waals surface area contributed by atoms with Crippen LogP contribution in [0.2, 0.25) is 0 Å². The summed E-state index contributed by atoms with van der Waals surface area (Å²) < 4.78 is 25.5. The van der Waals surface area contributed by atoms with Gasteiger partial charge in [0.05, 0.1) is 12.5 Å². The molecule has 0 bridgehead atoms. The molecule has 1 atom stereocenters. The maximum atomic E-state index is 12.7. The van der Waals surface area contributed by atoms with Crippen LogP contribution in [0.25, 0.3) is 0 Å². The van der Waals surface area contributed by atoms with Gasteiger partial charge in [0.1, 0.15) is 19.0 Å². The van der Waals surface area contributed by atoms with E-state index in [-0.39, 0.29) is 6.04 Å². The summed E-state index contributed by atoms with van der Waals surface area (Å²) in [5, 5.41) is 12.4. The smallest absolute Gasteiger partial charge is 0.223 e. The van der Waals surface area contributed by atoms with Crippen molar-refractivity contribution < 1.29 is 18.7 Å². The SMILES string of the molecule is O=C(CC(O)(CF)CF)N[C@@H](Cc1ccccc1)c1ccccc1. The van der Waals surface area contributed by atoms with Crippen LogP contribution in [-0.2, 0) is 11.2 Å². The lowest BCUT2D eigenvalue weighted by atomic mass is 9.97. The van der Waals surface area contributed by atoms with Crippen molar-refractivity contribution in [3.63, 3.8) is 0 Å². The first kappa shape index (κ1) is 18.1. The average molecular weight is 333 g/mol. The van der Waals surface area contributed by atoms with Crippen molar-refractivity contribution in [2.75, 3.05) is 13.3 Å². The number of benzene rings is 2. The second kappa shape index (κ2) is 8.55. The minimum atomic E-state index is -2.25. The van der Waals surface area contributed by atoms with Gasteiger partial charge in [-0.15, -0.1) is 0 Å². The van der Waals surface area contributed by atoms with E-state index in [1.807, 2.05) is 60.7 Å². The highest BCUT2D eigenvalue weighted by Crippen LogP contribution is 2.20. The Kier molecular flexibility index (Phi) is 6.44. The second-order valence-corrected chi connectivity index (χ2v) is 5.89. The molecule has 0 spiro atoms. The van der Waals surface area contributed by atoms with Gasteiger partial charge in [0.2, 0.25) is 5.91 Å². The molecule has 2 aromatic carbocycles. The molecule has 0 heterocycles. The zero-order valence-corrected chi connectivity index (χ0v) is 13.3. The van der Waals surface area contributed by atoms with Gasteiger partial charge in [0.25, 0.3) is 0 Å². The van der Waals surface area contributed by atoms with E-state index in [9.17, 15) is 18.7 Å². The predicted molar refractivity (Wildman–Crippen MR) is 89.0 cm³/mol. The Morgan fingerprint density at radius 2 is 1.54 bits per heavy atom. The summed E-state index contributed by atoms with van der Waals surface area (Å²) >= 11 is 0. The Morgan fingerprint density at radius 1 is 1.00 bits per heavy atom. The van der Waals surface area contributed by atoms with Gasteiger partial charge >= 0.3 is 0 Å². The first-order valence-corrected chi connectivity index (χ1v) is 7.79. The fourth-order valence-corrected chi connectivity index (χ4v) is 2.46. The molecule has 3 nitrogen and oxygen atoms in total. The second-order valence-electron chi connectivity index (χ2n) is 5.89. The van der Waals surface area contributed by atoms with Crippen LogP contribution in [0.3, 0.4) is 0 Å². The van der Waals surface area contributed by atoms with E-state index < -0.39 is 31.3 Å². The number of halogens is 2. The standard InChI is InChI=1S/C19H21F2NO2/c20-13-19(24,14-21)12-18(23)22-17(16-9-5-2-6-10-16)11-15-7-3-1-4-8-15/h1-10,17,24H,11-14H2,(H,22,23)/t17-/m0/s1. The van der Waals surface area contributed by atoms with Gasteiger partial charge in [-0.2, -0.15) is 0 Å². The molecule has 0 aromatic heterocycles. The fourth-order valence-electron chi connectivity index (χ4n) is 2.46. The number of amides is 1. The molecule has 0 radical (unpaired) electrons. The number of alkyl halides is 2. The lowest BCUT2D eigenvalue weighted by molar-refractivity contribution is -0.128. The van der Waals surface area contributed by atoms with Gasteiger partial charge in [0, 0.05) is 0 Å². The molecule has 0 aliphatic rings. The average Bonchev–Trinajstić information content (AvgIpc) is 2.62. The van der Waals surface area contributed by atoms with E-state index in [2.05, 4.69) is 5.32 Å². The number of carbonyl (C=O) groups is 1. The van der Waals surface area contributed by atoms with Crippen LogP contribution in [0.15, 0.2) is 60.7 Å². The first-order valence-electron chi connectivity index (χ1n) is 7.79. The van der Waals surface area contributed by atoms with Crippen LogP contribution < -0.4 is 5.32 Å². The lowest BCUT2D eigenvalue weighted by Crippen LogP contribution is -2.41. The quantitative estimate of drug-likeness (QED) is 0.780. The molecule has 0 fully saturated rings. The number of aliphatic hydroxyl groups is 1. The molecule has 128 valence electrons. The Balaban J connectivity index is 2.13. The van der Waals surface area contributed by atoms with E-state index in [1.54, 1.807) is 0 Å². The van der Waals surface area contributed by atoms with Crippen LogP contribution >= 0.6 is 0 Å². The highest BCUT2D eigenvalue weighted by molar-refractivity contribution is 5.77. The molecule has 0 aliphatic heterocycles. The molecular weight excluding hydrogens is 312 g/mol. The van der Waals surface area contributed by atoms with Gasteiger partial charge in [-0.25, -0.2) is 8.78 Å². The van der Waals surface area contributed by atoms with Crippen molar-refractivity contribution in [2.45, 2.75) is 24.5 Å². The molecule has 24 heavy (non-hydrogen) atoms. The summed E-state index contributed by atoms with van der Waals surface area (Å²) in [4.78, 5) is 12.1. The maximum absolute atomic E-state index is 12.7. The van der Waals surface area contributed by atoms with Gasteiger partial charge < -0.3 is 10.4 Å². The highest BCUT2D eigenvalue weighted by Gasteiger charge is 2.31. The lowest BCUT2D eigenvalue weighted by Gasteiger charge is -2.24. The topological polar surface area (TPSA) is 49.3 Å². The van der Waals surface area contributed by atoms with Crippen molar-refractivity contribution >= 4 is 5.91 Å². The largest absolute Gasteiger partial charge is 0.384 e. The van der Waals surface area contributed by atoms with Crippen molar-refractivity contribution in [2.24, 2.45) is 0 Å². The normalized spacial score (nSPS) is 12.6. The molecule has 5 heteroatoms. The Bertz CT molecular complexity index is 630. The van der Waals surface area contributed by atoms with E-state index in [1.165, 1.54) is 0 Å². The number of nitrogens with one attached hydrogen (secondary N) is 1. The van der Waals surface area contributed by atoms with Crippen LogP contribution in [0.5, 0.6) is 0 Å². The zero-order chi connectivity index (χ0) is 17.4. The van der Waals surface area contributed by atoms with Gasteiger partial charge in [-0.1, -0.05) is 60.7 Å². The summed E-state index contributed by atoms with van der Waals surface area (Å²) in [7, 11) is 0. The molecule has 2 rings (SSSR count). The minimum Gasteiger partial charge on any atom is -0.384 e. The molecule has 0 aliphatic carbocycles. The third-order valence-electron chi connectivity index (χ3n) is 3.81. The third-order valence-corrected chi connectivity index (χ3v) is 3.81. The predicted octanol–water partition coefficient (Wildman–Crippen LogP) is 3.15. The Morgan fingerprint density at radius 3 is 2.08 bits per heavy atom. The monoisotopic (exact) mass is 333 g/mol. The number of hydrogen-bond acceptors (Lipinski definition) is 2. The summed E-state index contributed by atoms with van der Waals surface area (Å²) in [5.41, 5.74) is -0.338. The minimum absolute atomic E-state index is 0.343. The van der Waals surface area contributed by atoms with Crippen molar-refractivity contribution in [1.82, 2.24) is 5.32 Å². The van der Waals surface area contributed by atoms with Crippen molar-refractivity contribution in [3.05, 3.63) is 71.8 Å². The van der Waals surface area contributed by atoms with Crippen LogP contribution in [0, 0.1) is 0 Å². The van der Waals surface area contributed by atoms with E-state index in [0.29, 0.717) is 6.42 Å². The number of carbonyl (C=O) groups excluding carboxylic acids is 1. The molecule has 0 saturated carbocycles. The third kappa shape index (κ3) is 5.13. The summed E-state index contributed by atoms with van der Waals surface area (Å²) in [5.74, 6) is -0.586. The summed E-state index contributed by atoms with van der Waals surface area (Å²) in [6.07, 6.45) is -0.0710. The van der Waals surface area contributed by atoms with Crippen molar-refractivity contribution in [3.8, 4) is 0 Å².